The number of carbonyl (C=O) groups excluding carboxylic acids is 1. The third kappa shape index (κ3) is 4.80. The van der Waals surface area contributed by atoms with Crippen LogP contribution in [0.15, 0.2) is 5.16 Å². The molecule has 3 heterocycles. The standard InChI is InChI=1S/C21H35N5O2S/c1-24-19(22-23-21(24)29-15-14-25-11-3-4-12-25)18-6-5-13-26(18)20(27)16-7-9-17(28-2)10-8-16/h16-18H,3-15H2,1-2H3/p+1/t16?,17?,18-/m0/s1. The number of ether oxygens (including phenoxy) is 1. The highest BCUT2D eigenvalue weighted by atomic mass is 32.2. The van der Waals surface area contributed by atoms with E-state index in [-0.39, 0.29) is 12.0 Å². The first kappa shape index (κ1) is 21.1. The molecule has 1 aromatic rings. The van der Waals surface area contributed by atoms with Gasteiger partial charge in [-0.25, -0.2) is 0 Å². The Bertz CT molecular complexity index is 683. The summed E-state index contributed by atoms with van der Waals surface area (Å²) in [5.74, 6) is 2.50. The van der Waals surface area contributed by atoms with Gasteiger partial charge in [0.2, 0.25) is 5.91 Å². The van der Waals surface area contributed by atoms with Gasteiger partial charge in [0.05, 0.1) is 37.5 Å². The zero-order chi connectivity index (χ0) is 20.2. The van der Waals surface area contributed by atoms with Crippen molar-refractivity contribution >= 4 is 17.7 Å². The summed E-state index contributed by atoms with van der Waals surface area (Å²) >= 11 is 1.81. The predicted octanol–water partition coefficient (Wildman–Crippen LogP) is 1.45. The van der Waals surface area contributed by atoms with Gasteiger partial charge in [0, 0.05) is 39.5 Å². The molecule has 0 radical (unpaired) electrons. The summed E-state index contributed by atoms with van der Waals surface area (Å²) in [6, 6.07) is 0.0821. The maximum absolute atomic E-state index is 13.2. The average molecular weight is 423 g/mol. The molecule has 1 aliphatic carbocycles. The van der Waals surface area contributed by atoms with Crippen molar-refractivity contribution in [1.29, 1.82) is 0 Å². The molecule has 2 saturated heterocycles. The van der Waals surface area contributed by atoms with Crippen molar-refractivity contribution in [1.82, 2.24) is 19.7 Å². The summed E-state index contributed by atoms with van der Waals surface area (Å²) in [4.78, 5) is 17.0. The number of aromatic nitrogens is 3. The molecular formula is C21H36N5O2S+. The van der Waals surface area contributed by atoms with E-state index in [1.54, 1.807) is 23.8 Å². The molecule has 1 saturated carbocycles. The first-order valence-corrected chi connectivity index (χ1v) is 12.3. The fourth-order valence-corrected chi connectivity index (χ4v) is 6.19. The first-order chi connectivity index (χ1) is 14.2. The Hall–Kier alpha value is -1.12. The number of amides is 1. The summed E-state index contributed by atoms with van der Waals surface area (Å²) in [5.41, 5.74) is 0. The van der Waals surface area contributed by atoms with Crippen LogP contribution >= 0.6 is 11.8 Å². The number of nitrogens with one attached hydrogen (secondary N) is 1. The normalized spacial score (nSPS) is 28.3. The smallest absolute Gasteiger partial charge is 0.226 e. The lowest BCUT2D eigenvalue weighted by Gasteiger charge is -2.32. The molecule has 7 nitrogen and oxygen atoms in total. The third-order valence-corrected chi connectivity index (χ3v) is 8.08. The highest BCUT2D eigenvalue weighted by Gasteiger charge is 2.38. The predicted molar refractivity (Wildman–Crippen MR) is 113 cm³/mol. The van der Waals surface area contributed by atoms with Crippen molar-refractivity contribution in [3.63, 3.8) is 0 Å². The zero-order valence-electron chi connectivity index (χ0n) is 17.9. The van der Waals surface area contributed by atoms with E-state index in [9.17, 15) is 4.79 Å². The van der Waals surface area contributed by atoms with E-state index in [1.165, 1.54) is 32.5 Å². The van der Waals surface area contributed by atoms with Crippen LogP contribution in [0.4, 0.5) is 0 Å². The Labute approximate surface area is 178 Å². The van der Waals surface area contributed by atoms with Crippen molar-refractivity contribution in [2.24, 2.45) is 13.0 Å². The molecule has 3 fully saturated rings. The van der Waals surface area contributed by atoms with E-state index in [2.05, 4.69) is 26.7 Å². The van der Waals surface area contributed by atoms with Crippen molar-refractivity contribution in [3.05, 3.63) is 5.82 Å². The molecule has 1 atom stereocenters. The summed E-state index contributed by atoms with van der Waals surface area (Å²) in [6.45, 7) is 4.68. The summed E-state index contributed by atoms with van der Waals surface area (Å²) in [6.07, 6.45) is 8.99. The second kappa shape index (κ2) is 9.79. The number of hydrogen-bond donors (Lipinski definition) is 1. The Morgan fingerprint density at radius 1 is 1.14 bits per heavy atom. The second-order valence-corrected chi connectivity index (χ2v) is 9.92. The van der Waals surface area contributed by atoms with E-state index in [1.807, 2.05) is 0 Å². The number of thioether (sulfide) groups is 1. The molecule has 162 valence electrons. The summed E-state index contributed by atoms with van der Waals surface area (Å²) < 4.78 is 7.59. The molecule has 0 aromatic carbocycles. The maximum atomic E-state index is 13.2. The van der Waals surface area contributed by atoms with Gasteiger partial charge < -0.3 is 19.1 Å². The lowest BCUT2D eigenvalue weighted by atomic mass is 9.86. The minimum atomic E-state index is 0.0821. The number of nitrogens with zero attached hydrogens (tertiary/aromatic N) is 4. The lowest BCUT2D eigenvalue weighted by Crippen LogP contribution is -3.10. The summed E-state index contributed by atoms with van der Waals surface area (Å²) in [7, 11) is 3.84. The molecule has 1 N–H and O–H groups in total. The van der Waals surface area contributed by atoms with E-state index in [0.717, 1.165) is 61.8 Å². The second-order valence-electron chi connectivity index (χ2n) is 8.85. The SMILES string of the molecule is COC1CCC(C(=O)N2CCC[C@H]2c2nnc(SCC[NH+]3CCCC3)n2C)CC1. The molecule has 0 bridgehead atoms. The van der Waals surface area contributed by atoms with Crippen LogP contribution in [0, 0.1) is 5.92 Å². The molecular weight excluding hydrogens is 386 g/mol. The monoisotopic (exact) mass is 422 g/mol. The fraction of sp³-hybridized carbons (Fsp3) is 0.857. The van der Waals surface area contributed by atoms with Gasteiger partial charge in [-0.15, -0.1) is 10.2 Å². The van der Waals surface area contributed by atoms with Crippen LogP contribution in [-0.2, 0) is 16.6 Å². The van der Waals surface area contributed by atoms with Crippen molar-refractivity contribution in [3.8, 4) is 0 Å². The minimum absolute atomic E-state index is 0.0821. The van der Waals surface area contributed by atoms with Gasteiger partial charge in [-0.3, -0.25) is 4.79 Å². The maximum Gasteiger partial charge on any atom is 0.226 e. The Balaban J connectivity index is 1.35. The van der Waals surface area contributed by atoms with Crippen molar-refractivity contribution in [2.45, 2.75) is 68.7 Å². The van der Waals surface area contributed by atoms with Gasteiger partial charge in [0.15, 0.2) is 11.0 Å². The Kier molecular flexibility index (Phi) is 7.13. The van der Waals surface area contributed by atoms with Crippen LogP contribution < -0.4 is 4.90 Å². The van der Waals surface area contributed by atoms with Crippen LogP contribution in [0.3, 0.4) is 0 Å². The van der Waals surface area contributed by atoms with E-state index >= 15 is 0 Å². The number of methoxy groups -OCH3 is 1. The highest BCUT2D eigenvalue weighted by molar-refractivity contribution is 7.99. The van der Waals surface area contributed by atoms with Gasteiger partial charge in [-0.2, -0.15) is 0 Å². The zero-order valence-corrected chi connectivity index (χ0v) is 18.8. The van der Waals surface area contributed by atoms with Crippen molar-refractivity contribution in [2.75, 3.05) is 39.0 Å². The molecule has 1 aromatic heterocycles. The molecule has 29 heavy (non-hydrogen) atoms. The third-order valence-electron chi connectivity index (χ3n) is 7.06. The van der Waals surface area contributed by atoms with E-state index in [4.69, 9.17) is 4.74 Å². The largest absolute Gasteiger partial charge is 0.381 e. The Morgan fingerprint density at radius 2 is 1.90 bits per heavy atom. The number of carbonyl (C=O) groups is 1. The fourth-order valence-electron chi connectivity index (χ4n) is 5.23. The van der Waals surface area contributed by atoms with E-state index < -0.39 is 0 Å². The van der Waals surface area contributed by atoms with Crippen LogP contribution in [0.5, 0.6) is 0 Å². The van der Waals surface area contributed by atoms with Gasteiger partial charge in [0.25, 0.3) is 0 Å². The molecule has 3 aliphatic rings. The number of quaternary nitrogens is 1. The van der Waals surface area contributed by atoms with Crippen LogP contribution in [0.25, 0.3) is 0 Å². The molecule has 1 amide bonds. The van der Waals surface area contributed by atoms with E-state index in [0.29, 0.717) is 12.0 Å². The Morgan fingerprint density at radius 3 is 2.62 bits per heavy atom. The van der Waals surface area contributed by atoms with Gasteiger partial charge in [-0.05, 0) is 38.5 Å². The van der Waals surface area contributed by atoms with Crippen LogP contribution in [0.1, 0.15) is 63.2 Å². The van der Waals surface area contributed by atoms with Crippen LogP contribution in [-0.4, -0.2) is 70.7 Å². The van der Waals surface area contributed by atoms with Gasteiger partial charge in [-0.1, -0.05) is 11.8 Å². The lowest BCUT2D eigenvalue weighted by molar-refractivity contribution is -0.884. The highest BCUT2D eigenvalue weighted by Crippen LogP contribution is 2.36. The van der Waals surface area contributed by atoms with Crippen molar-refractivity contribution < 1.29 is 14.4 Å². The topological polar surface area (TPSA) is 64.7 Å². The molecule has 4 rings (SSSR count). The van der Waals surface area contributed by atoms with Gasteiger partial charge in [0.1, 0.15) is 0 Å². The number of likely N-dealkylation sites (tertiary alicyclic amines) is 2. The van der Waals surface area contributed by atoms with Gasteiger partial charge >= 0.3 is 0 Å². The minimum Gasteiger partial charge on any atom is -0.381 e. The average Bonchev–Trinajstić information content (AvgIpc) is 3.50. The quantitative estimate of drug-likeness (QED) is 0.674. The van der Waals surface area contributed by atoms with Crippen LogP contribution in [0.2, 0.25) is 0 Å². The number of hydrogen-bond acceptors (Lipinski definition) is 5. The first-order valence-electron chi connectivity index (χ1n) is 11.4. The molecule has 0 spiro atoms. The molecule has 8 heteroatoms. The summed E-state index contributed by atoms with van der Waals surface area (Å²) in [5, 5.41) is 9.97. The number of rotatable bonds is 7. The molecule has 2 aliphatic heterocycles. The molecule has 0 unspecified atom stereocenters.